The highest BCUT2D eigenvalue weighted by Crippen LogP contribution is 2.29. The molecule has 0 bridgehead atoms. The van der Waals surface area contributed by atoms with Gasteiger partial charge in [0.1, 0.15) is 0 Å². The highest BCUT2D eigenvalue weighted by molar-refractivity contribution is 7.88. The number of aromatic nitrogens is 2. The number of fused-ring (bicyclic) bond motifs is 1. The van der Waals surface area contributed by atoms with Crippen molar-refractivity contribution in [2.75, 3.05) is 19.4 Å². The van der Waals surface area contributed by atoms with E-state index in [2.05, 4.69) is 9.55 Å². The number of sulfonamides is 1. The SMILES string of the molecule is CS(=O)(=O)N1CCCn2cnc(COCC3CC3)c2C1. The van der Waals surface area contributed by atoms with Crippen LogP contribution >= 0.6 is 0 Å². The molecule has 1 aliphatic heterocycles. The summed E-state index contributed by atoms with van der Waals surface area (Å²) in [6.07, 6.45) is 6.42. The van der Waals surface area contributed by atoms with Crippen molar-refractivity contribution in [1.82, 2.24) is 13.9 Å². The summed E-state index contributed by atoms with van der Waals surface area (Å²) in [5, 5.41) is 0. The fourth-order valence-corrected chi connectivity index (χ4v) is 3.32. The van der Waals surface area contributed by atoms with Gasteiger partial charge in [-0.3, -0.25) is 0 Å². The maximum absolute atomic E-state index is 11.8. The van der Waals surface area contributed by atoms with Crippen molar-refractivity contribution < 1.29 is 13.2 Å². The molecule has 2 aliphatic rings. The Morgan fingerprint density at radius 2 is 2.20 bits per heavy atom. The van der Waals surface area contributed by atoms with Gasteiger partial charge in [0.15, 0.2) is 0 Å². The summed E-state index contributed by atoms with van der Waals surface area (Å²) in [4.78, 5) is 4.39. The number of rotatable bonds is 5. The minimum Gasteiger partial charge on any atom is -0.375 e. The summed E-state index contributed by atoms with van der Waals surface area (Å²) >= 11 is 0. The Morgan fingerprint density at radius 1 is 1.40 bits per heavy atom. The molecule has 3 rings (SSSR count). The first-order valence-electron chi connectivity index (χ1n) is 7.10. The number of imidazole rings is 1. The Bertz CT molecular complexity index is 578. The van der Waals surface area contributed by atoms with Gasteiger partial charge in [-0.15, -0.1) is 0 Å². The average molecular weight is 299 g/mol. The average Bonchev–Trinajstić information content (AvgIpc) is 3.14. The number of hydrogen-bond donors (Lipinski definition) is 0. The van der Waals surface area contributed by atoms with Crippen molar-refractivity contribution in [2.24, 2.45) is 5.92 Å². The van der Waals surface area contributed by atoms with Crippen LogP contribution in [0.1, 0.15) is 30.7 Å². The van der Waals surface area contributed by atoms with Crippen LogP contribution in [-0.4, -0.2) is 41.7 Å². The molecule has 0 unspecified atom stereocenters. The van der Waals surface area contributed by atoms with E-state index >= 15 is 0 Å². The van der Waals surface area contributed by atoms with Crippen molar-refractivity contribution >= 4 is 10.0 Å². The lowest BCUT2D eigenvalue weighted by Gasteiger charge is -2.17. The molecular formula is C13H21N3O3S. The van der Waals surface area contributed by atoms with E-state index in [1.54, 1.807) is 6.33 Å². The molecule has 2 heterocycles. The number of nitrogens with zero attached hydrogens (tertiary/aromatic N) is 3. The van der Waals surface area contributed by atoms with Gasteiger partial charge >= 0.3 is 0 Å². The second-order valence-corrected chi connectivity index (χ2v) is 7.72. The van der Waals surface area contributed by atoms with Crippen LogP contribution in [0.25, 0.3) is 0 Å². The Labute approximate surface area is 119 Å². The van der Waals surface area contributed by atoms with Crippen molar-refractivity contribution in [3.8, 4) is 0 Å². The normalized spacial score (nSPS) is 20.6. The quantitative estimate of drug-likeness (QED) is 0.813. The first-order valence-corrected chi connectivity index (χ1v) is 8.94. The summed E-state index contributed by atoms with van der Waals surface area (Å²) in [7, 11) is -3.16. The molecule has 0 radical (unpaired) electrons. The molecule has 1 aromatic rings. The molecule has 1 fully saturated rings. The molecule has 112 valence electrons. The van der Waals surface area contributed by atoms with Crippen molar-refractivity contribution in [3.63, 3.8) is 0 Å². The highest BCUT2D eigenvalue weighted by atomic mass is 32.2. The lowest BCUT2D eigenvalue weighted by molar-refractivity contribution is 0.108. The third-order valence-electron chi connectivity index (χ3n) is 3.92. The molecule has 0 atom stereocenters. The fourth-order valence-electron chi connectivity index (χ4n) is 2.50. The molecule has 20 heavy (non-hydrogen) atoms. The lowest BCUT2D eigenvalue weighted by Crippen LogP contribution is -2.30. The van der Waals surface area contributed by atoms with Crippen LogP contribution in [-0.2, 0) is 34.5 Å². The van der Waals surface area contributed by atoms with E-state index in [4.69, 9.17) is 4.74 Å². The first-order chi connectivity index (χ1) is 9.54. The van der Waals surface area contributed by atoms with E-state index in [0.717, 1.165) is 36.9 Å². The second kappa shape index (κ2) is 5.46. The smallest absolute Gasteiger partial charge is 0.211 e. The van der Waals surface area contributed by atoms with Gasteiger partial charge in [-0.05, 0) is 25.2 Å². The maximum Gasteiger partial charge on any atom is 0.211 e. The van der Waals surface area contributed by atoms with Gasteiger partial charge in [0.05, 0.1) is 37.1 Å². The van der Waals surface area contributed by atoms with Crippen LogP contribution in [0, 0.1) is 5.92 Å². The zero-order valence-corrected chi connectivity index (χ0v) is 12.6. The van der Waals surface area contributed by atoms with Crippen LogP contribution in [0.4, 0.5) is 0 Å². The monoisotopic (exact) mass is 299 g/mol. The Morgan fingerprint density at radius 3 is 2.90 bits per heavy atom. The summed E-state index contributed by atoms with van der Waals surface area (Å²) in [6, 6.07) is 0. The lowest BCUT2D eigenvalue weighted by atomic mass is 10.3. The molecule has 1 aromatic heterocycles. The number of hydrogen-bond acceptors (Lipinski definition) is 4. The van der Waals surface area contributed by atoms with Gasteiger partial charge < -0.3 is 9.30 Å². The second-order valence-electron chi connectivity index (χ2n) is 5.74. The minimum atomic E-state index is -3.16. The summed E-state index contributed by atoms with van der Waals surface area (Å²) in [6.45, 7) is 3.07. The van der Waals surface area contributed by atoms with E-state index in [1.807, 2.05) is 0 Å². The van der Waals surface area contributed by atoms with Gasteiger partial charge in [0.2, 0.25) is 10.0 Å². The zero-order valence-electron chi connectivity index (χ0n) is 11.8. The predicted octanol–water partition coefficient (Wildman–Crippen LogP) is 0.975. The number of ether oxygens (including phenoxy) is 1. The van der Waals surface area contributed by atoms with E-state index in [-0.39, 0.29) is 0 Å². The third kappa shape index (κ3) is 3.21. The van der Waals surface area contributed by atoms with Crippen LogP contribution in [0.3, 0.4) is 0 Å². The minimum absolute atomic E-state index is 0.404. The van der Waals surface area contributed by atoms with Crippen LogP contribution in [0.5, 0.6) is 0 Å². The summed E-state index contributed by atoms with van der Waals surface area (Å²) in [5.74, 6) is 0.726. The largest absolute Gasteiger partial charge is 0.375 e. The molecule has 0 N–H and O–H groups in total. The Balaban J connectivity index is 1.72. The molecule has 0 amide bonds. The van der Waals surface area contributed by atoms with Crippen LogP contribution in [0.2, 0.25) is 0 Å². The van der Waals surface area contributed by atoms with Gasteiger partial charge in [0, 0.05) is 19.7 Å². The Kier molecular flexibility index (Phi) is 3.83. The van der Waals surface area contributed by atoms with Gasteiger partial charge in [-0.2, -0.15) is 4.31 Å². The molecule has 0 saturated heterocycles. The molecule has 7 heteroatoms. The van der Waals surface area contributed by atoms with Crippen LogP contribution in [0.15, 0.2) is 6.33 Å². The number of aryl methyl sites for hydroxylation is 1. The van der Waals surface area contributed by atoms with E-state index in [0.29, 0.717) is 19.7 Å². The molecule has 1 saturated carbocycles. The molecule has 0 aromatic carbocycles. The summed E-state index contributed by atoms with van der Waals surface area (Å²) < 4.78 is 32.8. The molecule has 1 aliphatic carbocycles. The van der Waals surface area contributed by atoms with E-state index in [1.165, 1.54) is 23.4 Å². The third-order valence-corrected chi connectivity index (χ3v) is 5.17. The first kappa shape index (κ1) is 14.0. The standard InChI is InChI=1S/C13H21N3O3S/c1-20(17,18)16-6-2-5-15-10-14-12(13(15)7-16)9-19-8-11-3-4-11/h10-11H,2-9H2,1H3. The molecule has 6 nitrogen and oxygen atoms in total. The fraction of sp³-hybridized carbons (Fsp3) is 0.769. The predicted molar refractivity (Wildman–Crippen MR) is 74.5 cm³/mol. The van der Waals surface area contributed by atoms with Crippen LogP contribution < -0.4 is 0 Å². The topological polar surface area (TPSA) is 64.4 Å². The van der Waals surface area contributed by atoms with E-state index in [9.17, 15) is 8.42 Å². The maximum atomic E-state index is 11.8. The van der Waals surface area contributed by atoms with E-state index < -0.39 is 10.0 Å². The van der Waals surface area contributed by atoms with Gasteiger partial charge in [-0.25, -0.2) is 13.4 Å². The van der Waals surface area contributed by atoms with Gasteiger partial charge in [0.25, 0.3) is 0 Å². The van der Waals surface area contributed by atoms with Crippen molar-refractivity contribution in [3.05, 3.63) is 17.7 Å². The van der Waals surface area contributed by atoms with Gasteiger partial charge in [-0.1, -0.05) is 0 Å². The molecular weight excluding hydrogens is 278 g/mol. The van der Waals surface area contributed by atoms with Crippen molar-refractivity contribution in [2.45, 2.75) is 39.0 Å². The Hall–Kier alpha value is -0.920. The summed E-state index contributed by atoms with van der Waals surface area (Å²) in [5.41, 5.74) is 1.85. The zero-order chi connectivity index (χ0) is 14.2. The van der Waals surface area contributed by atoms with Crippen molar-refractivity contribution in [1.29, 1.82) is 0 Å². The highest BCUT2D eigenvalue weighted by Gasteiger charge is 2.25. The molecule has 0 spiro atoms.